The summed E-state index contributed by atoms with van der Waals surface area (Å²) in [6.07, 6.45) is -19.3. The fraction of sp³-hybridized carbons (Fsp3) is 0.370. The summed E-state index contributed by atoms with van der Waals surface area (Å²) in [6.45, 7) is -9.64. The van der Waals surface area contributed by atoms with E-state index in [2.05, 4.69) is 9.97 Å². The minimum atomic E-state index is -5.22. The molecule has 0 fully saturated rings. The maximum Gasteiger partial charge on any atom is 0.416 e. The smallest absolute Gasteiger partial charge is 0.336 e. The molecular weight excluding hydrogens is 1270 g/mol. The zero-order valence-electron chi connectivity index (χ0n) is 80.3. The Hall–Kier alpha value is -7.92. The number of benzene rings is 6. The summed E-state index contributed by atoms with van der Waals surface area (Å²) in [5, 5.41) is -1.25. The molecule has 0 N–H and O–H groups in total. The van der Waals surface area contributed by atoms with Gasteiger partial charge in [-0.25, -0.2) is 8.78 Å². The first-order valence-electron chi connectivity index (χ1n) is 43.6. The minimum absolute atomic E-state index is 0.0849. The van der Waals surface area contributed by atoms with Crippen LogP contribution in [0.4, 0.5) is 35.1 Å². The van der Waals surface area contributed by atoms with Gasteiger partial charge in [-0.3, -0.25) is 19.2 Å². The van der Waals surface area contributed by atoms with Crippen molar-refractivity contribution in [3.8, 4) is 22.3 Å². The third kappa shape index (κ3) is 19.0. The van der Waals surface area contributed by atoms with Crippen LogP contribution in [0.15, 0.2) is 159 Å². The Morgan fingerprint density at radius 3 is 1.72 bits per heavy atom. The highest BCUT2D eigenvalue weighted by Gasteiger charge is 2.33. The fourth-order valence-electron chi connectivity index (χ4n) is 9.54. The molecule has 2 heterocycles. The lowest BCUT2D eigenvalue weighted by molar-refractivity contribution is -0.138. The molecule has 10 rings (SSSR count). The maximum absolute atomic E-state index is 14.9. The van der Waals surface area contributed by atoms with Gasteiger partial charge in [-0.05, 0) is 164 Å². The lowest BCUT2D eigenvalue weighted by Crippen LogP contribution is -2.40. The molecule has 0 spiro atoms. The van der Waals surface area contributed by atoms with Crippen molar-refractivity contribution in [3.05, 3.63) is 233 Å². The molecule has 0 atom stereocenters. The molecule has 0 radical (unpaired) electrons. The van der Waals surface area contributed by atoms with Gasteiger partial charge < -0.3 is 28.7 Å². The average molecular weight is 1380 g/mol. The molecule has 22 heteroatoms. The molecule has 8 aromatic rings. The Bertz CT molecular complexity index is 5500. The predicted octanol–water partition coefficient (Wildman–Crippen LogP) is 14.7. The zero-order valence-corrected chi connectivity index (χ0v) is 52.9. The van der Waals surface area contributed by atoms with Crippen LogP contribution < -0.4 is 11.1 Å². The number of halogens is 8. The van der Waals surface area contributed by atoms with E-state index < -0.39 is 265 Å². The lowest BCUT2D eigenvalue weighted by atomic mass is 9.98. The normalized spacial score (nSPS) is 19.8. The van der Waals surface area contributed by atoms with E-state index >= 15 is 0 Å². The van der Waals surface area contributed by atoms with E-state index in [0.717, 1.165) is 49.9 Å². The number of hydrogen-bond donors (Lipinski definition) is 0. The number of likely N-dealkylation sites (N-methyl/N-ethyl adjacent to an activating group) is 2. The van der Waals surface area contributed by atoms with Gasteiger partial charge in [0.15, 0.2) is 10.3 Å². The number of hydrogen-bond acceptors (Lipinski definition) is 10. The van der Waals surface area contributed by atoms with Crippen molar-refractivity contribution >= 4 is 35.3 Å². The molecule has 0 saturated carbocycles. The van der Waals surface area contributed by atoms with E-state index in [0.29, 0.717) is 73.3 Å². The standard InChI is InChI=1S/C37H40F4N4O2S.C36H38F4N4O2S/c1-4-43(5-2)19-20-44(22-26-9-13-28(14-10-26)29-15-18-32(25(3)21-29)37(39,40)41)34(46)23-45-33-8-6-7-31(33)35(47)42-36(45)48-24-27-11-16-30(38)17-12-27;1-3-42(4-2)20-21-43(22-25-8-12-27(13-9-25)28-14-16-29(17-15-28)36(38,39)40)33(45)23-44-32-7-5-6-31(32)34(46)41-35(44)47-24-26-10-18-30(37)19-11-26/h9-18,21H,4-8,19-20,22-24H2,1-3H3;8-19H,3-7,20-24H2,1-2H3/i4D2,5D2,6D2,7D2,8D2,9D,10D,11D,12D,13D,14D,15D,16D,17D,18D,21D,24D2;20D2,21D2,24D2. The van der Waals surface area contributed by atoms with Crippen LogP contribution in [0.25, 0.3) is 22.3 Å². The van der Waals surface area contributed by atoms with Gasteiger partial charge in [0.2, 0.25) is 11.8 Å². The average Bonchev–Trinajstić information content (AvgIpc) is 1.45. The van der Waals surface area contributed by atoms with Crippen molar-refractivity contribution in [1.29, 1.82) is 0 Å². The SMILES string of the molecule is [2H]C([2H])(Sc1nc(=O)c2c(n1CC(=O)N(Cc1ccc(-c3ccc(C(F)(F)F)cc3)cc1)C([2H])([2H])C([2H])([2H])N(CC)CC)CCC2)c1ccc(F)cc1.[2H]c1c([2H])c(C([2H])([2H])Sc2nc(=O)c3c(n2CC(=O)N(CCN(C([2H])([2H])C)C([2H])([2H])C)Cc2c([2H])c([2H])c(-c4c([2H])c([2H])c(C(F)(F)F)c(C)c4[2H])c([2H])c2[2H])C([2H])([2H])C([2H])([2H])C3([2H])[2H])c([2H])c([2H])c1F. The van der Waals surface area contributed by atoms with Crippen molar-refractivity contribution in [2.24, 2.45) is 0 Å². The first kappa shape index (κ1) is 41.9. The van der Waals surface area contributed by atoms with Crippen LogP contribution in [-0.4, -0.2) is 103 Å². The molecule has 0 bridgehead atoms. The molecule has 502 valence electrons. The molecule has 0 aliphatic heterocycles. The Labute approximate surface area is 598 Å². The summed E-state index contributed by atoms with van der Waals surface area (Å²) in [4.78, 5) is 67.1. The highest BCUT2D eigenvalue weighted by molar-refractivity contribution is 7.98. The van der Waals surface area contributed by atoms with Gasteiger partial charge >= 0.3 is 12.4 Å². The largest absolute Gasteiger partial charge is 0.416 e. The Balaban J connectivity index is 0.000000293. The first-order valence-corrected chi connectivity index (χ1v) is 30.7. The molecule has 2 amide bonds. The molecule has 12 nitrogen and oxygen atoms in total. The topological polar surface area (TPSA) is 117 Å². The van der Waals surface area contributed by atoms with Crippen LogP contribution in [0.5, 0.6) is 0 Å². The van der Waals surface area contributed by atoms with Crippen LogP contribution in [0.1, 0.15) is 142 Å². The first-order chi connectivity index (χ1) is 56.7. The Kier molecular flexibility index (Phi) is 14.4. The highest BCUT2D eigenvalue weighted by Crippen LogP contribution is 2.36. The predicted molar refractivity (Wildman–Crippen MR) is 358 cm³/mol. The van der Waals surface area contributed by atoms with Gasteiger partial charge in [-0.1, -0.05) is 148 Å². The summed E-state index contributed by atoms with van der Waals surface area (Å²) in [5.41, 5.74) is -15.1. The molecule has 0 unspecified atom stereocenters. The Morgan fingerprint density at radius 1 is 0.568 bits per heavy atom. The van der Waals surface area contributed by atoms with Crippen molar-refractivity contribution < 1.29 is 84.5 Å². The van der Waals surface area contributed by atoms with E-state index in [1.165, 1.54) is 33.7 Å². The van der Waals surface area contributed by atoms with Crippen LogP contribution in [0, 0.1) is 18.6 Å². The molecule has 2 aliphatic rings. The monoisotopic (exact) mass is 1380 g/mol. The van der Waals surface area contributed by atoms with E-state index in [1.807, 2.05) is 0 Å². The van der Waals surface area contributed by atoms with Crippen LogP contribution in [0.2, 0.25) is 0 Å². The van der Waals surface area contributed by atoms with Crippen molar-refractivity contribution in [3.63, 3.8) is 0 Å². The molecular formula is C73H78F8N8O4S2. The van der Waals surface area contributed by atoms with Crippen LogP contribution >= 0.6 is 23.5 Å². The van der Waals surface area contributed by atoms with Crippen LogP contribution in [-0.2, 0) is 85.1 Å². The van der Waals surface area contributed by atoms with Gasteiger partial charge in [-0.15, -0.1) is 0 Å². The summed E-state index contributed by atoms with van der Waals surface area (Å²) in [6, 6.07) is 2.37. The second kappa shape index (κ2) is 32.7. The summed E-state index contributed by atoms with van der Waals surface area (Å²) >= 11 is 0.256. The number of amides is 2. The number of aromatic nitrogens is 4. The van der Waals surface area contributed by atoms with E-state index in [9.17, 15) is 54.3 Å². The van der Waals surface area contributed by atoms with Crippen LogP contribution in [0.3, 0.4) is 0 Å². The quantitative estimate of drug-likeness (QED) is 0.0295. The van der Waals surface area contributed by atoms with E-state index in [4.69, 9.17) is 39.8 Å². The summed E-state index contributed by atoms with van der Waals surface area (Å²) in [5.74, 6) is -4.53. The summed E-state index contributed by atoms with van der Waals surface area (Å²) < 4.78 is 360. The fourth-order valence-corrected chi connectivity index (χ4v) is 11.0. The van der Waals surface area contributed by atoms with E-state index in [-0.39, 0.29) is 35.6 Å². The number of thioether (sulfide) groups is 2. The number of alkyl halides is 6. The van der Waals surface area contributed by atoms with E-state index in [1.54, 1.807) is 38.1 Å². The number of fused-ring (bicyclic) bond motifs is 2. The Morgan fingerprint density at radius 2 is 1.12 bits per heavy atom. The minimum Gasteiger partial charge on any atom is -0.336 e. The second-order valence-electron chi connectivity index (χ2n) is 20.7. The van der Waals surface area contributed by atoms with Gasteiger partial charge in [0, 0.05) is 95.0 Å². The maximum atomic E-state index is 14.9. The molecule has 6 aromatic carbocycles. The van der Waals surface area contributed by atoms with Crippen molar-refractivity contribution in [1.82, 2.24) is 38.7 Å². The lowest BCUT2D eigenvalue weighted by Gasteiger charge is -2.28. The summed E-state index contributed by atoms with van der Waals surface area (Å²) in [7, 11) is 0. The zero-order chi connectivity index (χ0) is 93.7. The molecule has 0 saturated heterocycles. The second-order valence-corrected chi connectivity index (χ2v) is 22.3. The van der Waals surface area contributed by atoms with Gasteiger partial charge in [0.05, 0.1) is 28.9 Å². The number of carbonyl (C=O) groups is 2. The third-order valence-electron chi connectivity index (χ3n) is 14.5. The van der Waals surface area contributed by atoms with Gasteiger partial charge in [0.1, 0.15) is 24.7 Å². The molecule has 95 heavy (non-hydrogen) atoms. The number of rotatable bonds is 26. The highest BCUT2D eigenvalue weighted by atomic mass is 32.2. The van der Waals surface area contributed by atoms with Gasteiger partial charge in [0.25, 0.3) is 11.1 Å². The molecule has 2 aliphatic carbocycles. The van der Waals surface area contributed by atoms with Crippen molar-refractivity contribution in [2.45, 2.75) is 133 Å². The van der Waals surface area contributed by atoms with Crippen molar-refractivity contribution in [2.75, 3.05) is 52.2 Å². The van der Waals surface area contributed by atoms with Gasteiger partial charge in [-0.2, -0.15) is 36.3 Å². The molecule has 2 aromatic heterocycles. The number of carbonyl (C=O) groups excluding carboxylic acids is 2. The third-order valence-corrected chi connectivity index (χ3v) is 16.2. The number of nitrogens with zero attached hydrogens (tertiary/aromatic N) is 8.